The molecule has 0 aliphatic carbocycles. The van der Waals surface area contributed by atoms with Crippen LogP contribution in [0.5, 0.6) is 0 Å². The lowest BCUT2D eigenvalue weighted by molar-refractivity contribution is -0.117. The first-order valence-electron chi connectivity index (χ1n) is 8.44. The molecule has 0 aromatic carbocycles. The Hall–Kier alpha value is -2.87. The minimum Gasteiger partial charge on any atom is -0.383 e. The van der Waals surface area contributed by atoms with Gasteiger partial charge in [-0.05, 0) is 51.0 Å². The minimum absolute atomic E-state index is 0.0328. The smallest absolute Gasteiger partial charge is 0.262 e. The molecule has 0 aliphatic heterocycles. The standard InChI is InChI=1S/C20H22N4O2S/c1-12-8-16(9-17(10-21)19(25)23-6-7-26-5)14(3)24(12)20-18(11-22)13(2)15(4)27-20/h8-9H,6-7H2,1-5H3,(H,23,25)/b17-9+. The van der Waals surface area contributed by atoms with Crippen LogP contribution in [0.4, 0.5) is 0 Å². The molecular formula is C20H22N4O2S. The number of methoxy groups -OCH3 is 1. The van der Waals surface area contributed by atoms with Crippen molar-refractivity contribution in [2.24, 2.45) is 0 Å². The number of aromatic nitrogens is 1. The molecule has 1 amide bonds. The maximum absolute atomic E-state index is 12.2. The summed E-state index contributed by atoms with van der Waals surface area (Å²) in [6.45, 7) is 8.53. The number of hydrogen-bond donors (Lipinski definition) is 1. The Labute approximate surface area is 163 Å². The van der Waals surface area contributed by atoms with E-state index in [2.05, 4.69) is 11.4 Å². The van der Waals surface area contributed by atoms with E-state index in [0.29, 0.717) is 18.7 Å². The fourth-order valence-corrected chi connectivity index (χ4v) is 4.03. The van der Waals surface area contributed by atoms with Crippen LogP contribution in [-0.4, -0.2) is 30.7 Å². The van der Waals surface area contributed by atoms with Crippen LogP contribution in [0.2, 0.25) is 0 Å². The molecular weight excluding hydrogens is 360 g/mol. The van der Waals surface area contributed by atoms with Crippen LogP contribution in [0, 0.1) is 50.4 Å². The summed E-state index contributed by atoms with van der Waals surface area (Å²) in [6, 6.07) is 6.17. The Morgan fingerprint density at radius 1 is 1.33 bits per heavy atom. The number of thiophene rings is 1. The normalized spacial score (nSPS) is 11.1. The Bertz CT molecular complexity index is 983. The highest BCUT2D eigenvalue weighted by Crippen LogP contribution is 2.33. The SMILES string of the molecule is COCCNC(=O)/C(C#N)=C/c1cc(C)n(-c2sc(C)c(C)c2C#N)c1C. The van der Waals surface area contributed by atoms with Crippen LogP contribution in [0.3, 0.4) is 0 Å². The second-order valence-electron chi connectivity index (χ2n) is 6.16. The van der Waals surface area contributed by atoms with Crippen molar-refractivity contribution in [3.05, 3.63) is 44.6 Å². The molecule has 2 rings (SSSR count). The van der Waals surface area contributed by atoms with Gasteiger partial charge in [-0.3, -0.25) is 4.79 Å². The largest absolute Gasteiger partial charge is 0.383 e. The van der Waals surface area contributed by atoms with E-state index in [1.54, 1.807) is 24.5 Å². The first-order valence-corrected chi connectivity index (χ1v) is 9.25. The third-order valence-corrected chi connectivity index (χ3v) is 5.60. The topological polar surface area (TPSA) is 90.8 Å². The van der Waals surface area contributed by atoms with E-state index in [-0.39, 0.29) is 5.57 Å². The molecule has 0 saturated carbocycles. The van der Waals surface area contributed by atoms with Gasteiger partial charge in [-0.2, -0.15) is 10.5 Å². The van der Waals surface area contributed by atoms with Crippen molar-refractivity contribution in [2.45, 2.75) is 27.7 Å². The van der Waals surface area contributed by atoms with E-state index in [0.717, 1.165) is 32.4 Å². The highest BCUT2D eigenvalue weighted by Gasteiger charge is 2.19. The van der Waals surface area contributed by atoms with Crippen LogP contribution < -0.4 is 5.32 Å². The van der Waals surface area contributed by atoms with Gasteiger partial charge in [-0.1, -0.05) is 0 Å². The third-order valence-electron chi connectivity index (χ3n) is 4.41. The summed E-state index contributed by atoms with van der Waals surface area (Å²) in [5.41, 5.74) is 4.27. The zero-order valence-corrected chi connectivity index (χ0v) is 17.0. The molecule has 6 nitrogen and oxygen atoms in total. The molecule has 2 heterocycles. The molecule has 0 bridgehead atoms. The zero-order valence-electron chi connectivity index (χ0n) is 16.1. The predicted octanol–water partition coefficient (Wildman–Crippen LogP) is 3.31. The van der Waals surface area contributed by atoms with Crippen molar-refractivity contribution in [1.29, 1.82) is 10.5 Å². The Morgan fingerprint density at radius 2 is 2.04 bits per heavy atom. The van der Waals surface area contributed by atoms with Crippen molar-refractivity contribution in [2.75, 3.05) is 20.3 Å². The maximum Gasteiger partial charge on any atom is 0.262 e. The van der Waals surface area contributed by atoms with Crippen LogP contribution in [-0.2, 0) is 9.53 Å². The van der Waals surface area contributed by atoms with Crippen LogP contribution >= 0.6 is 11.3 Å². The summed E-state index contributed by atoms with van der Waals surface area (Å²) in [4.78, 5) is 13.3. The molecule has 7 heteroatoms. The molecule has 0 spiro atoms. The van der Waals surface area contributed by atoms with Crippen LogP contribution in [0.1, 0.15) is 33.0 Å². The summed E-state index contributed by atoms with van der Waals surface area (Å²) in [7, 11) is 1.55. The van der Waals surface area contributed by atoms with Gasteiger partial charge in [0.25, 0.3) is 5.91 Å². The monoisotopic (exact) mass is 382 g/mol. The molecule has 140 valence electrons. The highest BCUT2D eigenvalue weighted by atomic mass is 32.1. The van der Waals surface area contributed by atoms with Crippen molar-refractivity contribution in [1.82, 2.24) is 9.88 Å². The van der Waals surface area contributed by atoms with E-state index in [9.17, 15) is 15.3 Å². The summed E-state index contributed by atoms with van der Waals surface area (Å²) in [6.07, 6.45) is 1.58. The average Bonchev–Trinajstić information content (AvgIpc) is 3.07. The molecule has 0 radical (unpaired) electrons. The summed E-state index contributed by atoms with van der Waals surface area (Å²) < 4.78 is 6.91. The number of aryl methyl sites for hydroxylation is 2. The lowest BCUT2D eigenvalue weighted by atomic mass is 10.1. The van der Waals surface area contributed by atoms with E-state index in [1.807, 2.05) is 44.4 Å². The van der Waals surface area contributed by atoms with Crippen molar-refractivity contribution < 1.29 is 9.53 Å². The molecule has 0 atom stereocenters. The third kappa shape index (κ3) is 4.11. The van der Waals surface area contributed by atoms with Gasteiger partial charge in [0, 0.05) is 29.9 Å². The van der Waals surface area contributed by atoms with Gasteiger partial charge in [0.2, 0.25) is 0 Å². The Kier molecular flexibility index (Phi) is 6.57. The predicted molar refractivity (Wildman–Crippen MR) is 106 cm³/mol. The number of carbonyl (C=O) groups is 1. The first kappa shape index (κ1) is 20.4. The van der Waals surface area contributed by atoms with Gasteiger partial charge in [-0.25, -0.2) is 0 Å². The molecule has 27 heavy (non-hydrogen) atoms. The Balaban J connectivity index is 2.47. The van der Waals surface area contributed by atoms with Crippen molar-refractivity contribution in [3.63, 3.8) is 0 Å². The van der Waals surface area contributed by atoms with Crippen molar-refractivity contribution >= 4 is 23.3 Å². The number of nitriles is 2. The number of amides is 1. The minimum atomic E-state index is -0.431. The number of hydrogen-bond acceptors (Lipinski definition) is 5. The molecule has 0 unspecified atom stereocenters. The second kappa shape index (κ2) is 8.68. The molecule has 0 aliphatic rings. The first-order chi connectivity index (χ1) is 12.8. The lowest BCUT2D eigenvalue weighted by Crippen LogP contribution is -2.27. The maximum atomic E-state index is 12.2. The molecule has 0 fully saturated rings. The van der Waals surface area contributed by atoms with E-state index in [1.165, 1.54) is 0 Å². The van der Waals surface area contributed by atoms with Crippen LogP contribution in [0.25, 0.3) is 11.1 Å². The molecule has 1 N–H and O–H groups in total. The fraction of sp³-hybridized carbons (Fsp3) is 0.350. The molecule has 2 aromatic rings. The summed E-state index contributed by atoms with van der Waals surface area (Å²) in [5, 5.41) is 22.4. The quantitative estimate of drug-likeness (QED) is 0.471. The zero-order chi connectivity index (χ0) is 20.1. The van der Waals surface area contributed by atoms with E-state index in [4.69, 9.17) is 4.74 Å². The number of ether oxygens (including phenoxy) is 1. The van der Waals surface area contributed by atoms with Gasteiger partial charge < -0.3 is 14.6 Å². The second-order valence-corrected chi connectivity index (χ2v) is 7.36. The average molecular weight is 382 g/mol. The molecule has 0 saturated heterocycles. The Morgan fingerprint density at radius 3 is 2.63 bits per heavy atom. The van der Waals surface area contributed by atoms with Gasteiger partial charge in [0.15, 0.2) is 0 Å². The number of rotatable bonds is 6. The van der Waals surface area contributed by atoms with Gasteiger partial charge >= 0.3 is 0 Å². The van der Waals surface area contributed by atoms with E-state index >= 15 is 0 Å². The lowest BCUT2D eigenvalue weighted by Gasteiger charge is -2.08. The van der Waals surface area contributed by atoms with E-state index < -0.39 is 5.91 Å². The van der Waals surface area contributed by atoms with Crippen molar-refractivity contribution in [3.8, 4) is 17.1 Å². The summed E-state index contributed by atoms with van der Waals surface area (Å²) in [5.74, 6) is -0.431. The highest BCUT2D eigenvalue weighted by molar-refractivity contribution is 7.14. The van der Waals surface area contributed by atoms with Gasteiger partial charge in [-0.15, -0.1) is 11.3 Å². The number of nitrogens with one attached hydrogen (secondary N) is 1. The van der Waals surface area contributed by atoms with Gasteiger partial charge in [0.1, 0.15) is 22.7 Å². The number of carbonyl (C=O) groups excluding carboxylic acids is 1. The summed E-state index contributed by atoms with van der Waals surface area (Å²) >= 11 is 1.57. The fourth-order valence-electron chi connectivity index (χ4n) is 2.81. The number of nitrogens with zero attached hydrogens (tertiary/aromatic N) is 3. The van der Waals surface area contributed by atoms with Gasteiger partial charge in [0.05, 0.1) is 12.2 Å². The molecule has 2 aromatic heterocycles. The van der Waals surface area contributed by atoms with Crippen LogP contribution in [0.15, 0.2) is 11.6 Å².